The minimum atomic E-state index is -1.72. The minimum absolute atomic E-state index is 0.0485. The van der Waals surface area contributed by atoms with Gasteiger partial charge in [0.1, 0.15) is 61.0 Å². The highest BCUT2D eigenvalue weighted by molar-refractivity contribution is 5.26. The molecule has 5 aliphatic heterocycles. The average Bonchev–Trinajstić information content (AvgIpc) is 3.69. The molecule has 5 heterocycles. The second-order valence-electron chi connectivity index (χ2n) is 20.6. The number of allylic oxidation sites excluding steroid dienone is 1. The van der Waals surface area contributed by atoms with Crippen molar-refractivity contribution < 1.29 is 83.9 Å². The van der Waals surface area contributed by atoms with Crippen molar-refractivity contribution in [3.8, 4) is 0 Å². The summed E-state index contributed by atoms with van der Waals surface area (Å²) in [4.78, 5) is 0. The summed E-state index contributed by atoms with van der Waals surface area (Å²) in [6, 6.07) is 0. The van der Waals surface area contributed by atoms with Crippen LogP contribution >= 0.6 is 0 Å². The SMILES string of the molecule is CC1OC(OC2C(OC3CCC4(C)C(=CCC5C4CCC4(C)C5CC5OC6(CCC(CO)CO6)C(C)C54)C3)OC(CO)C(O)C2OC2OCC(O)C(O)C2O)C(O)C(O)C1O. The Morgan fingerprint density at radius 2 is 1.48 bits per heavy atom. The van der Waals surface area contributed by atoms with Gasteiger partial charge in [-0.3, -0.25) is 0 Å². The Balaban J connectivity index is 0.926. The molecule has 0 aromatic carbocycles. The molecule has 4 aliphatic carbocycles. The van der Waals surface area contributed by atoms with Gasteiger partial charge in [0.25, 0.3) is 0 Å². The second kappa shape index (κ2) is 17.0. The van der Waals surface area contributed by atoms with E-state index in [4.69, 9.17) is 37.9 Å². The summed E-state index contributed by atoms with van der Waals surface area (Å²) in [7, 11) is 0. The molecule has 348 valence electrons. The largest absolute Gasteiger partial charge is 0.396 e. The summed E-state index contributed by atoms with van der Waals surface area (Å²) in [6.45, 7) is 8.41. The van der Waals surface area contributed by atoms with Crippen LogP contribution < -0.4 is 0 Å². The van der Waals surface area contributed by atoms with Gasteiger partial charge >= 0.3 is 0 Å². The van der Waals surface area contributed by atoms with Gasteiger partial charge in [-0.15, -0.1) is 0 Å². The van der Waals surface area contributed by atoms with Crippen LogP contribution in [0.2, 0.25) is 0 Å². The van der Waals surface area contributed by atoms with Gasteiger partial charge in [-0.1, -0.05) is 32.4 Å². The molecule has 9 N–H and O–H groups in total. The zero-order valence-electron chi connectivity index (χ0n) is 35.8. The van der Waals surface area contributed by atoms with Gasteiger partial charge in [-0.05, 0) is 92.8 Å². The van der Waals surface area contributed by atoms with E-state index in [1.807, 2.05) is 0 Å². The molecule has 17 nitrogen and oxygen atoms in total. The number of aliphatic hydroxyl groups is 9. The van der Waals surface area contributed by atoms with Gasteiger partial charge in [0.2, 0.25) is 0 Å². The minimum Gasteiger partial charge on any atom is -0.396 e. The molecule has 0 aromatic heterocycles. The third-order valence-electron chi connectivity index (χ3n) is 17.4. The summed E-state index contributed by atoms with van der Waals surface area (Å²) in [5.74, 6) is 1.87. The molecule has 5 saturated heterocycles. The Labute approximate surface area is 357 Å². The van der Waals surface area contributed by atoms with E-state index < -0.39 is 98.4 Å². The Morgan fingerprint density at radius 1 is 0.721 bits per heavy atom. The molecule has 17 heteroatoms. The molecule has 25 atom stereocenters. The lowest BCUT2D eigenvalue weighted by atomic mass is 9.47. The number of aliphatic hydroxyl groups excluding tert-OH is 9. The van der Waals surface area contributed by atoms with E-state index >= 15 is 0 Å². The first-order valence-electron chi connectivity index (χ1n) is 22.9. The molecule has 0 radical (unpaired) electrons. The van der Waals surface area contributed by atoms with Gasteiger partial charge in [-0.2, -0.15) is 0 Å². The van der Waals surface area contributed by atoms with Crippen LogP contribution in [0.25, 0.3) is 0 Å². The lowest BCUT2D eigenvalue weighted by molar-refractivity contribution is -0.390. The fourth-order valence-corrected chi connectivity index (χ4v) is 13.8. The maximum absolute atomic E-state index is 11.5. The van der Waals surface area contributed by atoms with Crippen LogP contribution in [0.4, 0.5) is 0 Å². The topological polar surface area (TPSA) is 256 Å². The molecule has 8 fully saturated rings. The average molecular weight is 871 g/mol. The van der Waals surface area contributed by atoms with Gasteiger partial charge in [0, 0.05) is 24.9 Å². The number of hydrogen-bond donors (Lipinski definition) is 9. The van der Waals surface area contributed by atoms with Crippen LogP contribution in [-0.2, 0) is 37.9 Å². The van der Waals surface area contributed by atoms with Crippen molar-refractivity contribution in [3.63, 3.8) is 0 Å². The smallest absolute Gasteiger partial charge is 0.187 e. The van der Waals surface area contributed by atoms with E-state index in [1.165, 1.54) is 12.5 Å². The van der Waals surface area contributed by atoms with Gasteiger partial charge in [0.15, 0.2) is 24.7 Å². The Hall–Kier alpha value is -0.940. The van der Waals surface area contributed by atoms with E-state index in [2.05, 4.69) is 26.8 Å². The van der Waals surface area contributed by atoms with E-state index in [1.54, 1.807) is 0 Å². The summed E-state index contributed by atoms with van der Waals surface area (Å²) >= 11 is 0. The van der Waals surface area contributed by atoms with Crippen molar-refractivity contribution in [2.75, 3.05) is 26.4 Å². The summed E-state index contributed by atoms with van der Waals surface area (Å²) < 4.78 is 50.0. The fourth-order valence-electron chi connectivity index (χ4n) is 13.8. The predicted octanol–water partition coefficient (Wildman–Crippen LogP) is -0.174. The summed E-state index contributed by atoms with van der Waals surface area (Å²) in [6.07, 6.45) is -10.3. The molecular formula is C44H70O17. The van der Waals surface area contributed by atoms with Crippen molar-refractivity contribution in [2.45, 2.75) is 189 Å². The van der Waals surface area contributed by atoms with Gasteiger partial charge in [0.05, 0.1) is 38.1 Å². The molecule has 3 saturated carbocycles. The highest BCUT2D eigenvalue weighted by Crippen LogP contribution is 2.70. The van der Waals surface area contributed by atoms with Crippen LogP contribution in [0.5, 0.6) is 0 Å². The standard InChI is InChI=1S/C44H70O17/c1-19-30-28(61-44(19)12-7-21(15-45)17-55-44)14-26-24-6-5-22-13-23(8-10-42(22,3)25(24)9-11-43(26,30)4)57-41-38(60-40-36(53)34(51)31(48)20(2)56-40)37(33(50)29(16-46)58-41)59-39-35(52)32(49)27(47)18-54-39/h5,19-21,23-41,45-53H,6-18H2,1-4H3. The lowest BCUT2D eigenvalue weighted by Gasteiger charge is -2.59. The van der Waals surface area contributed by atoms with Crippen LogP contribution in [0, 0.1) is 46.3 Å². The first-order chi connectivity index (χ1) is 29.0. The normalized spacial score (nSPS) is 57.2. The van der Waals surface area contributed by atoms with Crippen molar-refractivity contribution >= 4 is 0 Å². The Kier molecular flexibility index (Phi) is 12.6. The number of hydrogen-bond acceptors (Lipinski definition) is 17. The first kappa shape index (κ1) is 45.2. The number of fused-ring (bicyclic) bond motifs is 7. The van der Waals surface area contributed by atoms with Crippen LogP contribution in [0.15, 0.2) is 11.6 Å². The van der Waals surface area contributed by atoms with Gasteiger partial charge in [-0.25, -0.2) is 0 Å². The monoisotopic (exact) mass is 870 g/mol. The fraction of sp³-hybridized carbons (Fsp3) is 0.955. The zero-order valence-corrected chi connectivity index (χ0v) is 35.8. The molecule has 9 rings (SSSR count). The molecule has 0 amide bonds. The molecule has 9 aliphatic rings. The second-order valence-corrected chi connectivity index (χ2v) is 20.6. The summed E-state index contributed by atoms with van der Waals surface area (Å²) in [5, 5.41) is 94.8. The quantitative estimate of drug-likeness (QED) is 0.144. The highest BCUT2D eigenvalue weighted by Gasteiger charge is 2.69. The molecule has 1 spiro atoms. The maximum atomic E-state index is 11.5. The molecule has 0 aromatic rings. The van der Waals surface area contributed by atoms with E-state index in [0.29, 0.717) is 43.1 Å². The van der Waals surface area contributed by atoms with Gasteiger partial charge < -0.3 is 83.9 Å². The predicted molar refractivity (Wildman–Crippen MR) is 210 cm³/mol. The molecule has 0 bridgehead atoms. The number of rotatable bonds is 8. The maximum Gasteiger partial charge on any atom is 0.187 e. The molecule has 25 unspecified atom stereocenters. The highest BCUT2D eigenvalue weighted by atomic mass is 16.8. The first-order valence-corrected chi connectivity index (χ1v) is 22.9. The number of ether oxygens (including phenoxy) is 8. The van der Waals surface area contributed by atoms with E-state index in [-0.39, 0.29) is 48.1 Å². The van der Waals surface area contributed by atoms with Crippen molar-refractivity contribution in [1.29, 1.82) is 0 Å². The summed E-state index contributed by atoms with van der Waals surface area (Å²) in [5.41, 5.74) is 1.42. The Bertz CT molecular complexity index is 1580. The molecular weight excluding hydrogens is 800 g/mol. The van der Waals surface area contributed by atoms with Crippen LogP contribution in [-0.4, -0.2) is 176 Å². The zero-order chi connectivity index (χ0) is 43.3. The van der Waals surface area contributed by atoms with Crippen LogP contribution in [0.1, 0.15) is 85.5 Å². The Morgan fingerprint density at radius 3 is 2.20 bits per heavy atom. The van der Waals surface area contributed by atoms with Crippen LogP contribution in [0.3, 0.4) is 0 Å². The van der Waals surface area contributed by atoms with E-state index in [9.17, 15) is 46.0 Å². The third kappa shape index (κ3) is 7.51. The third-order valence-corrected chi connectivity index (χ3v) is 17.4. The van der Waals surface area contributed by atoms with Crippen molar-refractivity contribution in [2.24, 2.45) is 46.3 Å². The van der Waals surface area contributed by atoms with E-state index in [0.717, 1.165) is 44.9 Å². The lowest BCUT2D eigenvalue weighted by Crippen LogP contribution is -2.66. The van der Waals surface area contributed by atoms with Crippen molar-refractivity contribution in [1.82, 2.24) is 0 Å². The molecule has 61 heavy (non-hydrogen) atoms. The van der Waals surface area contributed by atoms with Crippen molar-refractivity contribution in [3.05, 3.63) is 11.6 Å².